The molecule has 3 aromatic rings. The number of rotatable bonds is 4. The number of hydrogen-bond donors (Lipinski definition) is 1. The number of nitrogens with one attached hydrogen (secondary N) is 1. The zero-order chi connectivity index (χ0) is 14.8. The van der Waals surface area contributed by atoms with Gasteiger partial charge in [0.25, 0.3) is 5.52 Å². The minimum Gasteiger partial charge on any atom is -0.618 e. The standard InChI is InChI=1S/C15H16N4O2/c1-2-21-10-9-18-14(16)8-7-13-15(18)17-11-5-3-4-6-12(11)19(13)20/h3-8,16H,2,9-10H2,1H3. The SMILES string of the molecule is CCOCCn1c(=N)ccc2c1nc1ccccc1[n+]2[O-]. The van der Waals surface area contributed by atoms with E-state index in [1.165, 1.54) is 0 Å². The summed E-state index contributed by atoms with van der Waals surface area (Å²) < 4.78 is 7.91. The van der Waals surface area contributed by atoms with Crippen LogP contribution in [0.1, 0.15) is 6.92 Å². The Morgan fingerprint density at radius 2 is 2.05 bits per heavy atom. The molecule has 0 amide bonds. The monoisotopic (exact) mass is 284 g/mol. The highest BCUT2D eigenvalue weighted by atomic mass is 16.5. The summed E-state index contributed by atoms with van der Waals surface area (Å²) in [7, 11) is 0. The van der Waals surface area contributed by atoms with Gasteiger partial charge in [-0.15, -0.1) is 0 Å². The lowest BCUT2D eigenvalue weighted by atomic mass is 10.3. The summed E-state index contributed by atoms with van der Waals surface area (Å²) in [5.74, 6) is 0. The van der Waals surface area contributed by atoms with Gasteiger partial charge in [-0.2, -0.15) is 4.73 Å². The molecule has 3 rings (SSSR count). The van der Waals surface area contributed by atoms with Gasteiger partial charge >= 0.3 is 0 Å². The van der Waals surface area contributed by atoms with Crippen LogP contribution in [0.5, 0.6) is 0 Å². The van der Waals surface area contributed by atoms with Gasteiger partial charge < -0.3 is 14.5 Å². The number of pyridine rings is 1. The molecule has 21 heavy (non-hydrogen) atoms. The molecule has 2 aromatic heterocycles. The van der Waals surface area contributed by atoms with E-state index in [2.05, 4.69) is 4.98 Å². The number of hydrogen-bond acceptors (Lipinski definition) is 4. The lowest BCUT2D eigenvalue weighted by Crippen LogP contribution is -2.32. The van der Waals surface area contributed by atoms with E-state index in [4.69, 9.17) is 10.1 Å². The van der Waals surface area contributed by atoms with Crippen LogP contribution in [0.3, 0.4) is 0 Å². The molecule has 0 bridgehead atoms. The van der Waals surface area contributed by atoms with Crippen LogP contribution in [-0.4, -0.2) is 22.8 Å². The van der Waals surface area contributed by atoms with Crippen molar-refractivity contribution in [1.82, 2.24) is 9.55 Å². The highest BCUT2D eigenvalue weighted by Gasteiger charge is 2.14. The molecule has 0 fully saturated rings. The van der Waals surface area contributed by atoms with Gasteiger partial charge in [-0.1, -0.05) is 12.1 Å². The Bertz CT molecular complexity index is 857. The van der Waals surface area contributed by atoms with Gasteiger partial charge in [-0.05, 0) is 19.1 Å². The number of para-hydroxylation sites is 2. The van der Waals surface area contributed by atoms with E-state index in [0.717, 1.165) is 4.73 Å². The van der Waals surface area contributed by atoms with Crippen LogP contribution < -0.4 is 10.2 Å². The largest absolute Gasteiger partial charge is 0.618 e. The molecule has 0 saturated heterocycles. The van der Waals surface area contributed by atoms with Gasteiger partial charge in [-0.3, -0.25) is 5.41 Å². The quantitative estimate of drug-likeness (QED) is 0.340. The van der Waals surface area contributed by atoms with Gasteiger partial charge in [0.1, 0.15) is 11.0 Å². The summed E-state index contributed by atoms with van der Waals surface area (Å²) in [6.07, 6.45) is 0. The molecule has 0 aliphatic carbocycles. The minimum absolute atomic E-state index is 0.310. The lowest BCUT2D eigenvalue weighted by molar-refractivity contribution is -0.548. The Balaban J connectivity index is 2.26. The van der Waals surface area contributed by atoms with Crippen LogP contribution in [-0.2, 0) is 11.3 Å². The van der Waals surface area contributed by atoms with Crippen molar-refractivity contribution in [3.05, 3.63) is 47.1 Å². The van der Waals surface area contributed by atoms with Crippen molar-refractivity contribution in [2.24, 2.45) is 0 Å². The van der Waals surface area contributed by atoms with Crippen LogP contribution in [0.4, 0.5) is 0 Å². The first-order chi connectivity index (χ1) is 10.2. The zero-order valence-corrected chi connectivity index (χ0v) is 11.7. The Labute approximate surface area is 121 Å². The first kappa shape index (κ1) is 13.5. The first-order valence-electron chi connectivity index (χ1n) is 6.86. The van der Waals surface area contributed by atoms with Crippen molar-refractivity contribution in [1.29, 1.82) is 5.41 Å². The third kappa shape index (κ3) is 2.34. The Morgan fingerprint density at radius 1 is 1.24 bits per heavy atom. The predicted molar refractivity (Wildman–Crippen MR) is 78.5 cm³/mol. The van der Waals surface area contributed by atoms with Crippen LogP contribution in [0.25, 0.3) is 22.2 Å². The first-order valence-corrected chi connectivity index (χ1v) is 6.86. The Morgan fingerprint density at radius 3 is 2.86 bits per heavy atom. The molecule has 0 aliphatic heterocycles. The van der Waals surface area contributed by atoms with Gasteiger partial charge in [0.05, 0.1) is 6.61 Å². The van der Waals surface area contributed by atoms with Crippen molar-refractivity contribution >= 4 is 22.2 Å². The average Bonchev–Trinajstić information content (AvgIpc) is 2.50. The minimum atomic E-state index is 0.310. The van der Waals surface area contributed by atoms with E-state index in [9.17, 15) is 5.21 Å². The van der Waals surface area contributed by atoms with Gasteiger partial charge in [-0.25, -0.2) is 4.98 Å². The maximum atomic E-state index is 12.5. The van der Waals surface area contributed by atoms with Crippen molar-refractivity contribution < 1.29 is 9.47 Å². The summed E-state index contributed by atoms with van der Waals surface area (Å²) in [6, 6.07) is 10.4. The van der Waals surface area contributed by atoms with Crippen molar-refractivity contribution in [2.45, 2.75) is 13.5 Å². The molecule has 0 atom stereocenters. The molecular formula is C15H16N4O2. The van der Waals surface area contributed by atoms with Crippen LogP contribution in [0, 0.1) is 10.6 Å². The van der Waals surface area contributed by atoms with Crippen molar-refractivity contribution in [2.75, 3.05) is 13.2 Å². The van der Waals surface area contributed by atoms with Gasteiger partial charge in [0.2, 0.25) is 11.2 Å². The predicted octanol–water partition coefficient (Wildman–Crippen LogP) is 1.34. The molecule has 0 spiro atoms. The summed E-state index contributed by atoms with van der Waals surface area (Å²) in [5, 5.41) is 20.5. The number of aromatic nitrogens is 3. The van der Waals surface area contributed by atoms with Gasteiger partial charge in [0.15, 0.2) is 0 Å². The third-order valence-electron chi connectivity index (χ3n) is 3.38. The summed E-state index contributed by atoms with van der Waals surface area (Å²) in [4.78, 5) is 4.54. The Hall–Kier alpha value is -2.47. The maximum absolute atomic E-state index is 12.5. The maximum Gasteiger partial charge on any atom is 0.260 e. The molecule has 6 nitrogen and oxygen atoms in total. The lowest BCUT2D eigenvalue weighted by Gasteiger charge is -2.11. The highest BCUT2D eigenvalue weighted by Crippen LogP contribution is 2.12. The fourth-order valence-corrected chi connectivity index (χ4v) is 2.35. The second-order valence-corrected chi connectivity index (χ2v) is 4.67. The molecule has 6 heteroatoms. The summed E-state index contributed by atoms with van der Waals surface area (Å²) >= 11 is 0. The average molecular weight is 284 g/mol. The number of nitrogens with zero attached hydrogens (tertiary/aromatic N) is 3. The highest BCUT2D eigenvalue weighted by molar-refractivity contribution is 5.79. The number of ether oxygens (including phenoxy) is 1. The summed E-state index contributed by atoms with van der Waals surface area (Å²) in [5.41, 5.74) is 2.43. The van der Waals surface area contributed by atoms with E-state index >= 15 is 0 Å². The summed E-state index contributed by atoms with van der Waals surface area (Å²) in [6.45, 7) is 3.53. The second kappa shape index (κ2) is 5.49. The normalized spacial score (nSPS) is 11.3. The molecule has 0 radical (unpaired) electrons. The number of fused-ring (bicyclic) bond motifs is 2. The van der Waals surface area contributed by atoms with Crippen LogP contribution in [0.15, 0.2) is 36.4 Å². The topological polar surface area (TPSA) is 77.8 Å². The van der Waals surface area contributed by atoms with E-state index in [1.807, 2.05) is 19.1 Å². The molecule has 108 valence electrons. The van der Waals surface area contributed by atoms with E-state index < -0.39 is 0 Å². The van der Waals surface area contributed by atoms with Crippen LogP contribution in [0.2, 0.25) is 0 Å². The molecule has 1 N–H and O–H groups in total. The van der Waals surface area contributed by atoms with Gasteiger partial charge in [0, 0.05) is 25.3 Å². The molecule has 2 heterocycles. The molecular weight excluding hydrogens is 268 g/mol. The third-order valence-corrected chi connectivity index (χ3v) is 3.38. The zero-order valence-electron chi connectivity index (χ0n) is 11.7. The van der Waals surface area contributed by atoms with Crippen molar-refractivity contribution in [3.8, 4) is 0 Å². The molecule has 1 aromatic carbocycles. The van der Waals surface area contributed by atoms with E-state index in [1.54, 1.807) is 28.8 Å². The number of benzene rings is 1. The fraction of sp³-hybridized carbons (Fsp3) is 0.267. The molecule has 0 aliphatic rings. The van der Waals surface area contributed by atoms with E-state index in [0.29, 0.717) is 47.4 Å². The Kier molecular flexibility index (Phi) is 3.53. The fourth-order valence-electron chi connectivity index (χ4n) is 2.35. The smallest absolute Gasteiger partial charge is 0.260 e. The van der Waals surface area contributed by atoms with Crippen LogP contribution >= 0.6 is 0 Å². The van der Waals surface area contributed by atoms with Crippen molar-refractivity contribution in [3.63, 3.8) is 0 Å². The molecule has 0 unspecified atom stereocenters. The van der Waals surface area contributed by atoms with E-state index in [-0.39, 0.29) is 0 Å². The molecule has 0 saturated carbocycles. The second-order valence-electron chi connectivity index (χ2n) is 4.67.